The van der Waals surface area contributed by atoms with Crippen LogP contribution in [0.3, 0.4) is 0 Å². The average molecular weight is 326 g/mol. The molecule has 1 aromatic heterocycles. The quantitative estimate of drug-likeness (QED) is 0.860. The van der Waals surface area contributed by atoms with Crippen molar-refractivity contribution in [2.75, 3.05) is 19.6 Å². The molecule has 1 aromatic rings. The number of nitrogens with zero attached hydrogens (tertiary/aromatic N) is 1. The number of hydrogen-bond acceptors (Lipinski definition) is 3. The van der Waals surface area contributed by atoms with Crippen LogP contribution in [-0.4, -0.2) is 36.5 Å². The molecule has 0 aromatic carbocycles. The van der Waals surface area contributed by atoms with Crippen molar-refractivity contribution in [1.29, 1.82) is 0 Å². The summed E-state index contributed by atoms with van der Waals surface area (Å²) < 4.78 is 1.01. The van der Waals surface area contributed by atoms with Crippen LogP contribution in [0.5, 0.6) is 0 Å². The van der Waals surface area contributed by atoms with Gasteiger partial charge in [-0.05, 0) is 35.0 Å². The van der Waals surface area contributed by atoms with Gasteiger partial charge in [0.05, 0.1) is 8.66 Å². The summed E-state index contributed by atoms with van der Waals surface area (Å²) in [6.07, 6.45) is 0. The topological polar surface area (TPSA) is 32.3 Å². The third-order valence-corrected chi connectivity index (χ3v) is 4.16. The van der Waals surface area contributed by atoms with Gasteiger partial charge in [-0.3, -0.25) is 4.79 Å². The van der Waals surface area contributed by atoms with Gasteiger partial charge >= 0.3 is 0 Å². The van der Waals surface area contributed by atoms with Crippen molar-refractivity contribution < 1.29 is 4.79 Å². The van der Waals surface area contributed by atoms with Crippen molar-refractivity contribution in [3.05, 3.63) is 20.8 Å². The van der Waals surface area contributed by atoms with Gasteiger partial charge in [0.2, 0.25) is 0 Å². The zero-order valence-corrected chi connectivity index (χ0v) is 12.1. The van der Waals surface area contributed by atoms with E-state index >= 15 is 0 Å². The molecule has 0 aliphatic carbocycles. The Morgan fingerprint density at radius 3 is 2.94 bits per heavy atom. The molecule has 3 nitrogen and oxygen atoms in total. The van der Waals surface area contributed by atoms with Crippen LogP contribution in [0.25, 0.3) is 0 Å². The maximum atomic E-state index is 12.1. The highest BCUT2D eigenvalue weighted by molar-refractivity contribution is 9.11. The Morgan fingerprint density at radius 2 is 2.38 bits per heavy atom. The molecule has 1 aliphatic heterocycles. The zero-order chi connectivity index (χ0) is 10.8. The van der Waals surface area contributed by atoms with Gasteiger partial charge in [0.25, 0.3) is 5.91 Å². The number of nitrogens with one attached hydrogen (secondary N) is 1. The van der Waals surface area contributed by atoms with Gasteiger partial charge in [0, 0.05) is 25.7 Å². The Morgan fingerprint density at radius 1 is 1.62 bits per heavy atom. The normalized spacial score (nSPS) is 20.4. The Bertz CT molecular complexity index is 371. The van der Waals surface area contributed by atoms with Crippen molar-refractivity contribution in [3.8, 4) is 0 Å². The first kappa shape index (κ1) is 14.0. The van der Waals surface area contributed by atoms with Crippen molar-refractivity contribution >= 4 is 45.6 Å². The van der Waals surface area contributed by atoms with Crippen LogP contribution < -0.4 is 5.32 Å². The minimum absolute atomic E-state index is 0. The average Bonchev–Trinajstić information content (AvgIpc) is 2.65. The molecule has 1 amide bonds. The molecule has 0 bridgehead atoms. The number of carbonyl (C=O) groups is 1. The summed E-state index contributed by atoms with van der Waals surface area (Å²) in [7, 11) is 0. The predicted octanol–water partition coefficient (Wildman–Crippen LogP) is 2.37. The van der Waals surface area contributed by atoms with Crippen molar-refractivity contribution in [2.24, 2.45) is 0 Å². The van der Waals surface area contributed by atoms with Crippen LogP contribution in [-0.2, 0) is 0 Å². The summed E-state index contributed by atoms with van der Waals surface area (Å²) in [4.78, 5) is 14.9. The van der Waals surface area contributed by atoms with E-state index in [-0.39, 0.29) is 24.4 Å². The van der Waals surface area contributed by atoms with Gasteiger partial charge in [-0.1, -0.05) is 0 Å². The fourth-order valence-electron chi connectivity index (χ4n) is 1.71. The van der Waals surface area contributed by atoms with Crippen molar-refractivity contribution in [2.45, 2.75) is 13.0 Å². The number of rotatable bonds is 1. The first-order chi connectivity index (χ1) is 7.18. The maximum absolute atomic E-state index is 12.1. The molecular weight excluding hydrogens is 312 g/mol. The third-order valence-electron chi connectivity index (χ3n) is 2.55. The Labute approximate surface area is 114 Å². The summed E-state index contributed by atoms with van der Waals surface area (Å²) in [5, 5.41) is 3.28. The molecule has 1 atom stereocenters. The molecule has 0 saturated carbocycles. The van der Waals surface area contributed by atoms with Gasteiger partial charge in [-0.15, -0.1) is 23.7 Å². The van der Waals surface area contributed by atoms with Gasteiger partial charge in [-0.2, -0.15) is 0 Å². The van der Waals surface area contributed by atoms with E-state index in [9.17, 15) is 4.79 Å². The second-order valence-electron chi connectivity index (χ2n) is 3.66. The highest BCUT2D eigenvalue weighted by Gasteiger charge is 2.24. The minimum Gasteiger partial charge on any atom is -0.333 e. The smallest absolute Gasteiger partial charge is 0.264 e. The lowest BCUT2D eigenvalue weighted by Gasteiger charge is -2.33. The minimum atomic E-state index is 0. The van der Waals surface area contributed by atoms with Gasteiger partial charge in [0.15, 0.2) is 0 Å². The van der Waals surface area contributed by atoms with Gasteiger partial charge in [-0.25, -0.2) is 0 Å². The zero-order valence-electron chi connectivity index (χ0n) is 8.90. The van der Waals surface area contributed by atoms with Crippen molar-refractivity contribution in [1.82, 2.24) is 10.2 Å². The highest BCUT2D eigenvalue weighted by Crippen LogP contribution is 2.24. The molecule has 0 spiro atoms. The largest absolute Gasteiger partial charge is 0.333 e. The number of thiophene rings is 1. The lowest BCUT2D eigenvalue weighted by molar-refractivity contribution is 0.0661. The Kier molecular flexibility index (Phi) is 5.24. The Hall–Kier alpha value is -0.100. The van der Waals surface area contributed by atoms with E-state index in [1.54, 1.807) is 0 Å². The standard InChI is InChI=1S/C10H13BrN2OS.ClH/c1-7-6-12-4-5-13(7)10(14)8-2-3-9(11)15-8;/h2-3,7,12H,4-6H2,1H3;1H/t7-;/m1./s1. The lowest BCUT2D eigenvalue weighted by atomic mass is 10.2. The molecular formula is C10H14BrClN2OS. The molecule has 2 heterocycles. The molecule has 16 heavy (non-hydrogen) atoms. The molecule has 0 unspecified atom stereocenters. The fraction of sp³-hybridized carbons (Fsp3) is 0.500. The molecule has 1 aliphatic rings. The molecule has 1 saturated heterocycles. The lowest BCUT2D eigenvalue weighted by Crippen LogP contribution is -2.52. The van der Waals surface area contributed by atoms with Crippen LogP contribution in [0.15, 0.2) is 15.9 Å². The first-order valence-electron chi connectivity index (χ1n) is 4.95. The molecule has 2 rings (SSSR count). The summed E-state index contributed by atoms with van der Waals surface area (Å²) in [6.45, 7) is 4.66. The fourth-order valence-corrected chi connectivity index (χ4v) is 3.06. The van der Waals surface area contributed by atoms with E-state index in [4.69, 9.17) is 0 Å². The summed E-state index contributed by atoms with van der Waals surface area (Å²) in [5.74, 6) is 0.153. The summed E-state index contributed by atoms with van der Waals surface area (Å²) in [6, 6.07) is 4.09. The number of amides is 1. The number of piperazine rings is 1. The van der Waals surface area contributed by atoms with E-state index in [2.05, 4.69) is 28.2 Å². The predicted molar refractivity (Wildman–Crippen MR) is 72.6 cm³/mol. The number of halogens is 2. The second kappa shape index (κ2) is 6.00. The highest BCUT2D eigenvalue weighted by atomic mass is 79.9. The van der Waals surface area contributed by atoms with Gasteiger partial charge in [0.1, 0.15) is 0 Å². The van der Waals surface area contributed by atoms with Gasteiger partial charge < -0.3 is 10.2 Å². The second-order valence-corrected chi connectivity index (χ2v) is 6.12. The molecule has 1 N–H and O–H groups in total. The van der Waals surface area contributed by atoms with Crippen LogP contribution in [0.4, 0.5) is 0 Å². The van der Waals surface area contributed by atoms with E-state index < -0.39 is 0 Å². The third kappa shape index (κ3) is 2.97. The number of carbonyl (C=O) groups excluding carboxylic acids is 1. The van der Waals surface area contributed by atoms with Crippen LogP contribution in [0.2, 0.25) is 0 Å². The van der Waals surface area contributed by atoms with E-state index in [0.717, 1.165) is 28.3 Å². The molecule has 6 heteroatoms. The van der Waals surface area contributed by atoms with E-state index in [1.807, 2.05) is 17.0 Å². The molecule has 90 valence electrons. The maximum Gasteiger partial charge on any atom is 0.264 e. The van der Waals surface area contributed by atoms with E-state index in [0.29, 0.717) is 0 Å². The van der Waals surface area contributed by atoms with Crippen LogP contribution in [0.1, 0.15) is 16.6 Å². The summed E-state index contributed by atoms with van der Waals surface area (Å²) in [5.41, 5.74) is 0. The van der Waals surface area contributed by atoms with E-state index in [1.165, 1.54) is 11.3 Å². The monoisotopic (exact) mass is 324 g/mol. The molecule has 0 radical (unpaired) electrons. The van der Waals surface area contributed by atoms with Crippen LogP contribution in [0, 0.1) is 0 Å². The SMILES string of the molecule is C[C@@H]1CNCCN1C(=O)c1ccc(Br)s1.Cl. The Balaban J connectivity index is 0.00000128. The molecule has 1 fully saturated rings. The summed E-state index contributed by atoms with van der Waals surface area (Å²) >= 11 is 4.87. The van der Waals surface area contributed by atoms with Crippen molar-refractivity contribution in [3.63, 3.8) is 0 Å². The number of hydrogen-bond donors (Lipinski definition) is 1. The first-order valence-corrected chi connectivity index (χ1v) is 6.56. The van der Waals surface area contributed by atoms with Crippen LogP contribution >= 0.6 is 39.7 Å².